The maximum atomic E-state index is 5.42. The topological polar surface area (TPSA) is 62.4 Å². The quantitative estimate of drug-likeness (QED) is 0.324. The number of aliphatic imine (C=N–C) groups is 1. The number of aryl methyl sites for hydroxylation is 1. The highest BCUT2D eigenvalue weighted by Gasteiger charge is 1.99. The second-order valence-electron chi connectivity index (χ2n) is 4.40. The van der Waals surface area contributed by atoms with Gasteiger partial charge >= 0.3 is 0 Å². The van der Waals surface area contributed by atoms with Crippen LogP contribution in [0.4, 0.5) is 5.69 Å². The van der Waals surface area contributed by atoms with Gasteiger partial charge in [-0.05, 0) is 30.0 Å². The zero-order valence-corrected chi connectivity index (χ0v) is 10.8. The summed E-state index contributed by atoms with van der Waals surface area (Å²) in [6.07, 6.45) is 1.05. The van der Waals surface area contributed by atoms with E-state index in [0.717, 1.165) is 18.7 Å². The molecular weight excluding hydrogens is 212 g/mol. The third kappa shape index (κ3) is 4.87. The molecule has 94 valence electrons. The highest BCUT2D eigenvalue weighted by molar-refractivity contribution is 5.93. The summed E-state index contributed by atoms with van der Waals surface area (Å²) in [6.45, 7) is 7.13. The molecule has 1 aromatic carbocycles. The number of nitrogens with two attached hydrogens (primary N) is 1. The molecule has 0 unspecified atom stereocenters. The van der Waals surface area contributed by atoms with Gasteiger partial charge in [0.1, 0.15) is 0 Å². The lowest BCUT2D eigenvalue weighted by Crippen LogP contribution is -2.36. The molecule has 0 amide bonds. The summed E-state index contributed by atoms with van der Waals surface area (Å²) in [5.74, 6) is 6.54. The number of hydrogen-bond donors (Lipinski definition) is 3. The first-order valence-corrected chi connectivity index (χ1v) is 6.02. The molecule has 0 radical (unpaired) electrons. The molecule has 0 saturated carbocycles. The monoisotopic (exact) mass is 234 g/mol. The average Bonchev–Trinajstić information content (AvgIpc) is 2.35. The molecule has 0 saturated heterocycles. The molecule has 4 N–H and O–H groups in total. The van der Waals surface area contributed by atoms with Gasteiger partial charge in [0.05, 0.1) is 0 Å². The van der Waals surface area contributed by atoms with Crippen LogP contribution in [0, 0.1) is 5.92 Å². The van der Waals surface area contributed by atoms with Gasteiger partial charge in [-0.15, -0.1) is 0 Å². The standard InChI is InChI=1S/C13H22N4/c1-4-11-5-7-12(8-6-11)16-13(17-14)15-9-10(2)3/h5-8,10H,4,9,14H2,1-3H3,(H2,15,16,17). The van der Waals surface area contributed by atoms with Crippen LogP contribution in [-0.2, 0) is 6.42 Å². The van der Waals surface area contributed by atoms with E-state index in [9.17, 15) is 0 Å². The van der Waals surface area contributed by atoms with Crippen LogP contribution in [0.3, 0.4) is 0 Å². The molecule has 0 spiro atoms. The lowest BCUT2D eigenvalue weighted by molar-refractivity contribution is 0.663. The fourth-order valence-corrected chi connectivity index (χ4v) is 1.36. The highest BCUT2D eigenvalue weighted by atomic mass is 15.3. The Morgan fingerprint density at radius 2 is 1.94 bits per heavy atom. The Balaban J connectivity index is 2.63. The fourth-order valence-electron chi connectivity index (χ4n) is 1.36. The summed E-state index contributed by atoms with van der Waals surface area (Å²) in [6, 6.07) is 8.25. The van der Waals surface area contributed by atoms with E-state index in [1.807, 2.05) is 12.1 Å². The van der Waals surface area contributed by atoms with E-state index in [4.69, 9.17) is 5.84 Å². The molecule has 0 aliphatic rings. The zero-order valence-electron chi connectivity index (χ0n) is 10.8. The largest absolute Gasteiger partial charge is 0.325 e. The normalized spacial score (nSPS) is 11.7. The van der Waals surface area contributed by atoms with Crippen molar-refractivity contribution in [3.05, 3.63) is 29.8 Å². The number of anilines is 1. The Morgan fingerprint density at radius 1 is 1.29 bits per heavy atom. The van der Waals surface area contributed by atoms with E-state index in [0.29, 0.717) is 11.9 Å². The Hall–Kier alpha value is -1.55. The Kier molecular flexibility index (Phi) is 5.49. The number of guanidine groups is 1. The Morgan fingerprint density at radius 3 is 2.41 bits per heavy atom. The predicted molar refractivity (Wildman–Crippen MR) is 73.9 cm³/mol. The minimum absolute atomic E-state index is 0.516. The molecule has 1 aromatic rings. The number of hydrazine groups is 1. The molecule has 0 fully saturated rings. The Labute approximate surface area is 103 Å². The van der Waals surface area contributed by atoms with E-state index < -0.39 is 0 Å². The van der Waals surface area contributed by atoms with Gasteiger partial charge in [0.25, 0.3) is 0 Å². The van der Waals surface area contributed by atoms with Gasteiger partial charge in [0.15, 0.2) is 0 Å². The van der Waals surface area contributed by atoms with Crippen molar-refractivity contribution in [1.82, 2.24) is 5.43 Å². The Bertz CT molecular complexity index is 354. The molecule has 17 heavy (non-hydrogen) atoms. The maximum Gasteiger partial charge on any atom is 0.210 e. The minimum atomic E-state index is 0.516. The summed E-state index contributed by atoms with van der Waals surface area (Å²) in [7, 11) is 0. The van der Waals surface area contributed by atoms with Gasteiger partial charge in [-0.3, -0.25) is 10.4 Å². The van der Waals surface area contributed by atoms with Crippen LogP contribution in [0.5, 0.6) is 0 Å². The predicted octanol–water partition coefficient (Wildman–Crippen LogP) is 2.14. The third-order valence-electron chi connectivity index (χ3n) is 2.38. The van der Waals surface area contributed by atoms with Crippen LogP contribution in [-0.4, -0.2) is 12.5 Å². The molecule has 0 atom stereocenters. The lowest BCUT2D eigenvalue weighted by atomic mass is 10.1. The highest BCUT2D eigenvalue weighted by Crippen LogP contribution is 2.09. The first kappa shape index (κ1) is 13.5. The zero-order chi connectivity index (χ0) is 12.7. The summed E-state index contributed by atoms with van der Waals surface area (Å²) >= 11 is 0. The van der Waals surface area contributed by atoms with Gasteiger partial charge in [-0.2, -0.15) is 0 Å². The van der Waals surface area contributed by atoms with E-state index in [1.54, 1.807) is 0 Å². The average molecular weight is 234 g/mol. The molecule has 0 aliphatic heterocycles. The van der Waals surface area contributed by atoms with Crippen LogP contribution >= 0.6 is 0 Å². The van der Waals surface area contributed by atoms with Crippen molar-refractivity contribution in [2.45, 2.75) is 27.2 Å². The van der Waals surface area contributed by atoms with Gasteiger partial charge < -0.3 is 5.32 Å². The van der Waals surface area contributed by atoms with Gasteiger partial charge in [0, 0.05) is 12.2 Å². The van der Waals surface area contributed by atoms with E-state index in [1.165, 1.54) is 5.56 Å². The number of nitrogens with one attached hydrogen (secondary N) is 2. The van der Waals surface area contributed by atoms with Crippen LogP contribution in [0.2, 0.25) is 0 Å². The van der Waals surface area contributed by atoms with Crippen molar-refractivity contribution >= 4 is 11.6 Å². The van der Waals surface area contributed by atoms with Gasteiger partial charge in [-0.1, -0.05) is 32.9 Å². The van der Waals surface area contributed by atoms with E-state index in [2.05, 4.69) is 48.6 Å². The van der Waals surface area contributed by atoms with Crippen molar-refractivity contribution in [2.75, 3.05) is 11.9 Å². The van der Waals surface area contributed by atoms with Crippen molar-refractivity contribution in [3.8, 4) is 0 Å². The van der Waals surface area contributed by atoms with Crippen LogP contribution < -0.4 is 16.6 Å². The molecule has 0 bridgehead atoms. The smallest absolute Gasteiger partial charge is 0.210 e. The van der Waals surface area contributed by atoms with Crippen LogP contribution in [0.25, 0.3) is 0 Å². The number of nitrogens with zero attached hydrogens (tertiary/aromatic N) is 1. The van der Waals surface area contributed by atoms with E-state index >= 15 is 0 Å². The molecule has 4 nitrogen and oxygen atoms in total. The maximum absolute atomic E-state index is 5.42. The summed E-state index contributed by atoms with van der Waals surface area (Å²) < 4.78 is 0. The van der Waals surface area contributed by atoms with E-state index in [-0.39, 0.29) is 0 Å². The second kappa shape index (κ2) is 6.91. The SMILES string of the molecule is CCc1ccc(NC(=NCC(C)C)NN)cc1. The minimum Gasteiger partial charge on any atom is -0.325 e. The molecule has 0 aliphatic carbocycles. The molecular formula is C13H22N4. The molecule has 1 rings (SSSR count). The summed E-state index contributed by atoms with van der Waals surface area (Å²) in [4.78, 5) is 4.35. The second-order valence-corrected chi connectivity index (χ2v) is 4.40. The van der Waals surface area contributed by atoms with Crippen molar-refractivity contribution in [1.29, 1.82) is 0 Å². The van der Waals surface area contributed by atoms with Gasteiger partial charge in [0.2, 0.25) is 5.96 Å². The summed E-state index contributed by atoms with van der Waals surface area (Å²) in [5, 5.41) is 3.15. The summed E-state index contributed by atoms with van der Waals surface area (Å²) in [5.41, 5.74) is 4.88. The lowest BCUT2D eigenvalue weighted by Gasteiger charge is -2.10. The molecule has 0 aromatic heterocycles. The van der Waals surface area contributed by atoms with Crippen molar-refractivity contribution in [3.63, 3.8) is 0 Å². The first-order chi connectivity index (χ1) is 8.15. The van der Waals surface area contributed by atoms with Gasteiger partial charge in [-0.25, -0.2) is 5.84 Å². The van der Waals surface area contributed by atoms with Crippen LogP contribution in [0.1, 0.15) is 26.3 Å². The van der Waals surface area contributed by atoms with Crippen molar-refractivity contribution < 1.29 is 0 Å². The third-order valence-corrected chi connectivity index (χ3v) is 2.38. The number of benzene rings is 1. The first-order valence-electron chi connectivity index (χ1n) is 6.02. The number of rotatable bonds is 4. The van der Waals surface area contributed by atoms with Crippen molar-refractivity contribution in [2.24, 2.45) is 16.8 Å². The fraction of sp³-hybridized carbons (Fsp3) is 0.462. The van der Waals surface area contributed by atoms with Crippen LogP contribution in [0.15, 0.2) is 29.3 Å². The molecule has 4 heteroatoms. The number of hydrogen-bond acceptors (Lipinski definition) is 2. The molecule has 0 heterocycles.